The molecule has 8 heteroatoms. The summed E-state index contributed by atoms with van der Waals surface area (Å²) in [6, 6.07) is 18.9. The maximum atomic E-state index is 12.8. The molecule has 4 rings (SSSR count). The molecule has 1 aromatic heterocycles. The average molecular weight is 471 g/mol. The van der Waals surface area contributed by atoms with Crippen molar-refractivity contribution < 1.29 is 17.6 Å². The molecule has 6 nitrogen and oxygen atoms in total. The quantitative estimate of drug-likeness (QED) is 0.517. The molecule has 1 amide bonds. The van der Waals surface area contributed by atoms with Gasteiger partial charge in [-0.1, -0.05) is 46.3 Å². The first-order valence-corrected chi connectivity index (χ1v) is 10.9. The van der Waals surface area contributed by atoms with E-state index in [0.29, 0.717) is 21.6 Å². The fourth-order valence-electron chi connectivity index (χ4n) is 2.86. The number of rotatable bonds is 4. The van der Waals surface area contributed by atoms with E-state index >= 15 is 0 Å². The lowest BCUT2D eigenvalue weighted by atomic mass is 10.1. The van der Waals surface area contributed by atoms with E-state index in [1.807, 2.05) is 24.3 Å². The number of sulfonamides is 1. The van der Waals surface area contributed by atoms with Crippen LogP contribution in [0.1, 0.15) is 12.7 Å². The van der Waals surface area contributed by atoms with E-state index < -0.39 is 15.9 Å². The van der Waals surface area contributed by atoms with E-state index in [0.717, 1.165) is 10.0 Å². The Hall–Kier alpha value is -2.97. The average Bonchev–Trinajstić information content (AvgIpc) is 3.30. The van der Waals surface area contributed by atoms with Crippen molar-refractivity contribution in [3.63, 3.8) is 0 Å². The Morgan fingerprint density at radius 3 is 2.38 bits per heavy atom. The van der Waals surface area contributed by atoms with Gasteiger partial charge in [0.2, 0.25) is 0 Å². The predicted octanol–water partition coefficient (Wildman–Crippen LogP) is 4.70. The molecule has 146 valence electrons. The lowest BCUT2D eigenvalue weighted by molar-refractivity contribution is -0.121. The summed E-state index contributed by atoms with van der Waals surface area (Å²) >= 11 is 3.39. The summed E-state index contributed by atoms with van der Waals surface area (Å²) in [5.74, 6) is 0.353. The van der Waals surface area contributed by atoms with Gasteiger partial charge >= 0.3 is 0 Å². The van der Waals surface area contributed by atoms with Gasteiger partial charge in [0.15, 0.2) is 0 Å². The molecule has 0 saturated carbocycles. The maximum absolute atomic E-state index is 12.8. The lowest BCUT2D eigenvalue weighted by Gasteiger charge is -2.12. The van der Waals surface area contributed by atoms with Crippen LogP contribution < -0.4 is 0 Å². The summed E-state index contributed by atoms with van der Waals surface area (Å²) in [5, 5.41) is 3.97. The number of furan rings is 1. The number of carbonyl (C=O) groups is 1. The Labute approximate surface area is 176 Å². The number of carbonyl (C=O) groups excluding carboxylic acids is 1. The number of amides is 1. The van der Waals surface area contributed by atoms with Crippen LogP contribution in [-0.2, 0) is 14.8 Å². The highest BCUT2D eigenvalue weighted by molar-refractivity contribution is 9.10. The second kappa shape index (κ2) is 7.46. The molecule has 0 atom stereocenters. The lowest BCUT2D eigenvalue weighted by Crippen LogP contribution is -2.29. The molecule has 1 aliphatic rings. The Balaban J connectivity index is 1.64. The second-order valence-electron chi connectivity index (χ2n) is 6.32. The maximum Gasteiger partial charge on any atom is 0.290 e. The van der Waals surface area contributed by atoms with E-state index in [4.69, 9.17) is 4.42 Å². The van der Waals surface area contributed by atoms with Crippen LogP contribution in [0.5, 0.6) is 0 Å². The van der Waals surface area contributed by atoms with Crippen LogP contribution >= 0.6 is 15.9 Å². The molecule has 0 aliphatic carbocycles. The van der Waals surface area contributed by atoms with Gasteiger partial charge in [-0.05, 0) is 49.4 Å². The molecule has 29 heavy (non-hydrogen) atoms. The summed E-state index contributed by atoms with van der Waals surface area (Å²) in [4.78, 5) is 12.8. The minimum Gasteiger partial charge on any atom is -0.457 e. The molecule has 0 bridgehead atoms. The van der Waals surface area contributed by atoms with E-state index in [9.17, 15) is 13.2 Å². The zero-order valence-electron chi connectivity index (χ0n) is 15.2. The SMILES string of the molecule is CC1=NN(S(=O)(=O)c2ccccc2)C(=O)/C1=C/c1ccc(-c2ccc(Br)cc2)o1. The molecule has 0 saturated heterocycles. The van der Waals surface area contributed by atoms with E-state index in [1.54, 1.807) is 37.3 Å². The highest BCUT2D eigenvalue weighted by Gasteiger charge is 2.37. The molecule has 0 unspecified atom stereocenters. The molecule has 0 fully saturated rings. The van der Waals surface area contributed by atoms with Gasteiger partial charge in [0.25, 0.3) is 15.9 Å². The van der Waals surface area contributed by atoms with Gasteiger partial charge in [-0.3, -0.25) is 4.79 Å². The van der Waals surface area contributed by atoms with Crippen LogP contribution in [0.15, 0.2) is 91.2 Å². The number of benzene rings is 2. The molecular formula is C21H15BrN2O4S. The topological polar surface area (TPSA) is 80.0 Å². The van der Waals surface area contributed by atoms with Gasteiger partial charge < -0.3 is 4.42 Å². The monoisotopic (exact) mass is 470 g/mol. The van der Waals surface area contributed by atoms with Gasteiger partial charge in [-0.15, -0.1) is 4.41 Å². The number of nitrogens with zero attached hydrogens (tertiary/aromatic N) is 2. The Morgan fingerprint density at radius 1 is 1.00 bits per heavy atom. The molecule has 1 aliphatic heterocycles. The highest BCUT2D eigenvalue weighted by atomic mass is 79.9. The Kier molecular flexibility index (Phi) is 4.97. The van der Waals surface area contributed by atoms with E-state index in [-0.39, 0.29) is 10.5 Å². The van der Waals surface area contributed by atoms with Crippen molar-refractivity contribution in [2.45, 2.75) is 11.8 Å². The minimum atomic E-state index is -4.07. The van der Waals surface area contributed by atoms with Crippen LogP contribution in [0, 0.1) is 0 Å². The first-order valence-electron chi connectivity index (χ1n) is 8.64. The van der Waals surface area contributed by atoms with Gasteiger partial charge in [0.05, 0.1) is 16.2 Å². The highest BCUT2D eigenvalue weighted by Crippen LogP contribution is 2.28. The van der Waals surface area contributed by atoms with Crippen LogP contribution in [0.3, 0.4) is 0 Å². The first kappa shape index (κ1) is 19.4. The van der Waals surface area contributed by atoms with E-state index in [2.05, 4.69) is 21.0 Å². The summed E-state index contributed by atoms with van der Waals surface area (Å²) in [6.45, 7) is 1.59. The molecule has 0 N–H and O–H groups in total. The van der Waals surface area contributed by atoms with Crippen LogP contribution in [-0.4, -0.2) is 24.5 Å². The van der Waals surface area contributed by atoms with Gasteiger partial charge in [0, 0.05) is 10.0 Å². The van der Waals surface area contributed by atoms with Crippen molar-refractivity contribution in [2.24, 2.45) is 5.10 Å². The fourth-order valence-corrected chi connectivity index (χ4v) is 4.37. The smallest absolute Gasteiger partial charge is 0.290 e. The molecule has 0 radical (unpaired) electrons. The molecule has 3 aromatic rings. The number of hydrogen-bond acceptors (Lipinski definition) is 5. The minimum absolute atomic E-state index is 0.00155. The van der Waals surface area contributed by atoms with Crippen molar-refractivity contribution in [3.8, 4) is 11.3 Å². The van der Waals surface area contributed by atoms with Gasteiger partial charge in [-0.25, -0.2) is 0 Å². The number of hydrazone groups is 1. The Morgan fingerprint density at radius 2 is 1.69 bits per heavy atom. The molecule has 2 heterocycles. The van der Waals surface area contributed by atoms with Crippen molar-refractivity contribution >= 4 is 43.6 Å². The summed E-state index contributed by atoms with van der Waals surface area (Å²) in [5.41, 5.74) is 1.35. The zero-order chi connectivity index (χ0) is 20.6. The van der Waals surface area contributed by atoms with Crippen molar-refractivity contribution in [1.29, 1.82) is 0 Å². The van der Waals surface area contributed by atoms with Crippen LogP contribution in [0.2, 0.25) is 0 Å². The van der Waals surface area contributed by atoms with Crippen LogP contribution in [0.4, 0.5) is 0 Å². The van der Waals surface area contributed by atoms with Crippen molar-refractivity contribution in [3.05, 3.63) is 82.5 Å². The van der Waals surface area contributed by atoms with Crippen LogP contribution in [0.25, 0.3) is 17.4 Å². The third-order valence-corrected chi connectivity index (χ3v) is 6.44. The largest absolute Gasteiger partial charge is 0.457 e. The second-order valence-corrected chi connectivity index (χ2v) is 9.00. The van der Waals surface area contributed by atoms with E-state index in [1.165, 1.54) is 18.2 Å². The summed E-state index contributed by atoms with van der Waals surface area (Å²) in [7, 11) is -4.07. The molecule has 0 spiro atoms. The van der Waals surface area contributed by atoms with Crippen molar-refractivity contribution in [1.82, 2.24) is 4.41 Å². The standard InChI is InChI=1S/C21H15BrN2O4S/c1-14-19(13-17-11-12-20(28-17)15-7-9-16(22)10-8-15)21(25)24(23-14)29(26,27)18-5-3-2-4-6-18/h2-13H,1H3/b19-13+. The first-order chi connectivity index (χ1) is 13.9. The third-order valence-electron chi connectivity index (χ3n) is 4.35. The summed E-state index contributed by atoms with van der Waals surface area (Å²) in [6.07, 6.45) is 1.50. The molecule has 2 aromatic carbocycles. The van der Waals surface area contributed by atoms with Gasteiger partial charge in [-0.2, -0.15) is 13.5 Å². The normalized spacial score (nSPS) is 15.8. The number of halogens is 1. The number of hydrogen-bond donors (Lipinski definition) is 0. The third kappa shape index (κ3) is 3.68. The Bertz CT molecular complexity index is 1240. The van der Waals surface area contributed by atoms with Crippen molar-refractivity contribution in [2.75, 3.05) is 0 Å². The zero-order valence-corrected chi connectivity index (χ0v) is 17.6. The van der Waals surface area contributed by atoms with Gasteiger partial charge in [0.1, 0.15) is 11.5 Å². The fraction of sp³-hybridized carbons (Fsp3) is 0.0476. The predicted molar refractivity (Wildman–Crippen MR) is 113 cm³/mol. The molecular weight excluding hydrogens is 456 g/mol. The summed E-state index contributed by atoms with van der Waals surface area (Å²) < 4.78 is 32.8.